The van der Waals surface area contributed by atoms with Crippen LogP contribution >= 0.6 is 35.2 Å². The number of aliphatic hydroxyl groups is 2. The van der Waals surface area contributed by atoms with E-state index < -0.39 is 84.6 Å². The van der Waals surface area contributed by atoms with Crippen molar-refractivity contribution in [2.24, 2.45) is 11.3 Å². The van der Waals surface area contributed by atoms with E-state index in [4.69, 9.17) is 19.5 Å². The van der Waals surface area contributed by atoms with E-state index in [9.17, 15) is 62.7 Å². The summed E-state index contributed by atoms with van der Waals surface area (Å²) in [6, 6.07) is 0. The maximum atomic E-state index is 12.7. The number of carbonyl (C=O) groups excluding carboxylic acids is 4. The average molecular weight is 923 g/mol. The van der Waals surface area contributed by atoms with E-state index >= 15 is 0 Å². The number of aromatic nitrogens is 4. The average Bonchev–Trinajstić information content (AvgIpc) is 3.67. The third-order valence-corrected chi connectivity index (χ3v) is 12.0. The first-order valence-corrected chi connectivity index (χ1v) is 23.1. The first-order chi connectivity index (χ1) is 27.3. The summed E-state index contributed by atoms with van der Waals surface area (Å²) >= 11 is 1.13. The normalized spacial score (nSPS) is 21.1. The predicted octanol–water partition coefficient (Wildman–Crippen LogP) is -0.783. The molecule has 1 saturated heterocycles. The van der Waals surface area contributed by atoms with Crippen molar-refractivity contribution in [2.45, 2.75) is 77.6 Å². The van der Waals surface area contributed by atoms with E-state index in [1.54, 1.807) is 0 Å². The summed E-state index contributed by atoms with van der Waals surface area (Å²) in [6.45, 7) is 4.31. The molecule has 11 N–H and O–H groups in total. The molecule has 7 atom stereocenters. The van der Waals surface area contributed by atoms with Gasteiger partial charge in [-0.2, -0.15) is 4.31 Å². The molecular weight excluding hydrogens is 873 g/mol. The molecule has 2 aromatic heterocycles. The summed E-state index contributed by atoms with van der Waals surface area (Å²) in [5.74, 6) is -1.26. The van der Waals surface area contributed by atoms with Gasteiger partial charge in [-0.15, -0.1) is 0 Å². The largest absolute Gasteiger partial charge is 0.481 e. The number of nitrogens with two attached hydrogens (primary N) is 1. The second kappa shape index (κ2) is 21.7. The number of nitrogens with one attached hydrogen (secondary N) is 3. The summed E-state index contributed by atoms with van der Waals surface area (Å²) in [7, 11) is -16.4. The zero-order valence-electron chi connectivity index (χ0n) is 32.2. The molecule has 4 unspecified atom stereocenters. The number of anilines is 1. The summed E-state index contributed by atoms with van der Waals surface area (Å²) in [5, 5.41) is 28.9. The number of carbonyl (C=O) groups is 4. The Labute approximate surface area is 341 Å². The number of thioether (sulfide) groups is 1. The van der Waals surface area contributed by atoms with Gasteiger partial charge < -0.3 is 56.2 Å². The zero-order valence-corrected chi connectivity index (χ0v) is 35.7. The fraction of sp³-hybridized carbons (Fsp3) is 0.690. The van der Waals surface area contributed by atoms with E-state index in [2.05, 4.69) is 39.7 Å². The smallest absolute Gasteiger partial charge is 0.386 e. The lowest BCUT2D eigenvalue weighted by Crippen LogP contribution is -2.46. The molecule has 0 spiro atoms. The van der Waals surface area contributed by atoms with Crippen molar-refractivity contribution in [3.8, 4) is 0 Å². The van der Waals surface area contributed by atoms with Crippen LogP contribution in [0.25, 0.3) is 11.2 Å². The number of nitrogens with zero attached hydrogens (tertiary/aromatic N) is 4. The molecule has 1 aliphatic heterocycles. The Kier molecular flexibility index (Phi) is 18.5. The van der Waals surface area contributed by atoms with Crippen molar-refractivity contribution in [1.82, 2.24) is 35.5 Å². The fourth-order valence-corrected chi connectivity index (χ4v) is 8.80. The minimum absolute atomic E-state index is 0.0000285. The first kappa shape index (κ1) is 50.4. The number of amides is 3. The molecule has 0 aromatic carbocycles. The minimum Gasteiger partial charge on any atom is -0.386 e. The monoisotopic (exact) mass is 922 g/mol. The fourth-order valence-electron chi connectivity index (χ4n) is 5.09. The van der Waals surface area contributed by atoms with Crippen molar-refractivity contribution >= 4 is 75.0 Å². The molecule has 1 fully saturated rings. The lowest BCUT2D eigenvalue weighted by Gasteiger charge is -2.30. The second-order valence-corrected chi connectivity index (χ2v) is 19.4. The highest BCUT2D eigenvalue weighted by atomic mass is 32.2. The van der Waals surface area contributed by atoms with Gasteiger partial charge in [-0.3, -0.25) is 37.3 Å². The third kappa shape index (κ3) is 16.4. The third-order valence-electron chi connectivity index (χ3n) is 8.01. The molecule has 2 aromatic rings. The molecule has 0 aliphatic carbocycles. The van der Waals surface area contributed by atoms with Gasteiger partial charge in [0.05, 0.1) is 19.5 Å². The first-order valence-electron chi connectivity index (χ1n) is 17.6. The lowest BCUT2D eigenvalue weighted by molar-refractivity contribution is -0.137. The number of ether oxygens (including phenoxy) is 1. The topological polar surface area (TPSA) is 393 Å². The van der Waals surface area contributed by atoms with E-state index in [1.807, 2.05) is 13.8 Å². The molecule has 3 heterocycles. The molecular formula is C29H49N8O18P3S. The van der Waals surface area contributed by atoms with Crippen LogP contribution < -0.4 is 21.7 Å². The van der Waals surface area contributed by atoms with Gasteiger partial charge in [0.2, 0.25) is 17.7 Å². The van der Waals surface area contributed by atoms with Crippen LogP contribution in [0, 0.1) is 11.3 Å². The Morgan fingerprint density at radius 3 is 2.20 bits per heavy atom. The Balaban J connectivity index is 1.44. The molecule has 3 rings (SSSR count). The Bertz CT molecular complexity index is 1930. The van der Waals surface area contributed by atoms with Crippen molar-refractivity contribution < 1.29 is 85.3 Å². The molecule has 26 nitrogen and oxygen atoms in total. The number of phosphoric ester groups is 3. The van der Waals surface area contributed by atoms with E-state index in [1.165, 1.54) is 13.8 Å². The molecule has 59 heavy (non-hydrogen) atoms. The lowest BCUT2D eigenvalue weighted by atomic mass is 9.87. The van der Waals surface area contributed by atoms with Gasteiger partial charge in [-0.1, -0.05) is 39.5 Å². The Hall–Kier alpha value is -2.97. The summed E-state index contributed by atoms with van der Waals surface area (Å²) in [4.78, 5) is 99.3. The number of hydrogen-bond acceptors (Lipinski definition) is 19. The highest BCUT2D eigenvalue weighted by molar-refractivity contribution is 8.13. The number of hydrogen-bond donors (Lipinski definition) is 10. The molecule has 30 heteroatoms. The number of imidazole rings is 1. The number of phosphoric acid groups is 3. The van der Waals surface area contributed by atoms with Gasteiger partial charge >= 0.3 is 23.5 Å². The van der Waals surface area contributed by atoms with Crippen molar-refractivity contribution in [2.75, 3.05) is 44.3 Å². The number of nitrogen functional groups attached to an aromatic ring is 1. The van der Waals surface area contributed by atoms with Crippen LogP contribution in [-0.4, -0.2) is 135 Å². The SMILES string of the molecule is CC(C)CC(=O)SCCNC(=O)CCNC(=O)CCNC(=O)C(O)C(C)(C)COP(=O)(O)OP(=O)(O)OC[C@H]1OC(n2cnc3c(N)ncnc32)[C@H](O)[C@@H]1OP(=O)(O)O. The number of rotatable bonds is 24. The highest BCUT2D eigenvalue weighted by Gasteiger charge is 2.50. The van der Waals surface area contributed by atoms with E-state index in [0.29, 0.717) is 12.2 Å². The van der Waals surface area contributed by atoms with Gasteiger partial charge in [0.1, 0.15) is 36.3 Å². The van der Waals surface area contributed by atoms with Crippen LogP contribution in [0.2, 0.25) is 0 Å². The summed E-state index contributed by atoms with van der Waals surface area (Å²) in [6.07, 6.45) is -6.65. The van der Waals surface area contributed by atoms with E-state index in [0.717, 1.165) is 29.0 Å². The quantitative estimate of drug-likeness (QED) is 0.0456. The predicted molar refractivity (Wildman–Crippen MR) is 204 cm³/mol. The van der Waals surface area contributed by atoms with E-state index in [-0.39, 0.29) is 66.4 Å². The van der Waals surface area contributed by atoms with Crippen LogP contribution in [0.3, 0.4) is 0 Å². The van der Waals surface area contributed by atoms with Crippen molar-refractivity contribution in [3.63, 3.8) is 0 Å². The van der Waals surface area contributed by atoms with Crippen LogP contribution in [0.5, 0.6) is 0 Å². The maximum absolute atomic E-state index is 12.7. The summed E-state index contributed by atoms with van der Waals surface area (Å²) in [5.41, 5.74) is 4.22. The van der Waals surface area contributed by atoms with Crippen LogP contribution in [0.1, 0.15) is 53.2 Å². The highest BCUT2D eigenvalue weighted by Crippen LogP contribution is 2.61. The molecule has 0 saturated carbocycles. The molecule has 334 valence electrons. The maximum Gasteiger partial charge on any atom is 0.481 e. The van der Waals surface area contributed by atoms with Gasteiger partial charge in [0.15, 0.2) is 22.8 Å². The van der Waals surface area contributed by atoms with Crippen molar-refractivity contribution in [1.29, 1.82) is 0 Å². The Morgan fingerprint density at radius 2 is 1.58 bits per heavy atom. The second-order valence-electron chi connectivity index (χ2n) is 14.0. The summed E-state index contributed by atoms with van der Waals surface area (Å²) < 4.78 is 62.1. The number of aliphatic hydroxyl groups excluding tert-OH is 2. The minimum atomic E-state index is -5.59. The van der Waals surface area contributed by atoms with Gasteiger partial charge in [0, 0.05) is 50.1 Å². The number of fused-ring (bicyclic) bond motifs is 1. The van der Waals surface area contributed by atoms with Crippen LogP contribution in [-0.2, 0) is 55.5 Å². The van der Waals surface area contributed by atoms with Gasteiger partial charge in [0.25, 0.3) is 0 Å². The zero-order chi connectivity index (χ0) is 44.3. The molecule has 3 amide bonds. The molecule has 0 radical (unpaired) electrons. The Morgan fingerprint density at radius 1 is 0.966 bits per heavy atom. The molecule has 1 aliphatic rings. The van der Waals surface area contributed by atoms with Gasteiger partial charge in [-0.05, 0) is 5.92 Å². The van der Waals surface area contributed by atoms with Crippen LogP contribution in [0.15, 0.2) is 12.7 Å². The van der Waals surface area contributed by atoms with Crippen molar-refractivity contribution in [3.05, 3.63) is 12.7 Å². The van der Waals surface area contributed by atoms with Crippen LogP contribution in [0.4, 0.5) is 5.82 Å². The van der Waals surface area contributed by atoms with Gasteiger partial charge in [-0.25, -0.2) is 28.6 Å². The molecule has 0 bridgehead atoms. The standard InChI is InChI=1S/C29H49N8O18P3S/c1-16(2)11-20(40)59-10-9-32-19(39)5-7-31-18(38)6-8-33-27(43)24(42)29(3,4)13-52-58(49,50)55-57(47,48)51-12-17-23(54-56(44,45)46)22(41)28(53-17)37-15-36-21-25(30)34-14-35-26(21)37/h14-17,22-24,28,41-42H,5-13H2,1-4H3,(H,31,38)(H,32,39)(H,33,43)(H,47,48)(H,49,50)(H2,30,34,35)(H2,44,45,46)/t17-,22-,23-,24?,28?/m1/s1.